The first-order chi connectivity index (χ1) is 11.8. The number of hydrazine groups is 1. The number of amides is 1. The molecule has 1 saturated heterocycles. The molecule has 3 atom stereocenters. The van der Waals surface area contributed by atoms with E-state index in [1.165, 1.54) is 12.1 Å². The van der Waals surface area contributed by atoms with Gasteiger partial charge >= 0.3 is 6.18 Å². The Labute approximate surface area is 144 Å². The highest BCUT2D eigenvalue weighted by molar-refractivity contribution is 5.82. The number of carbonyl (C=O) groups is 1. The molecule has 2 rings (SSSR count). The van der Waals surface area contributed by atoms with Gasteiger partial charge in [0.25, 0.3) is 0 Å². The summed E-state index contributed by atoms with van der Waals surface area (Å²) >= 11 is 0. The summed E-state index contributed by atoms with van der Waals surface area (Å²) in [6, 6.07) is 3.97. The van der Waals surface area contributed by atoms with Crippen molar-refractivity contribution in [3.05, 3.63) is 29.8 Å². The fraction of sp³-hybridized carbons (Fsp3) is 0.562. The van der Waals surface area contributed by atoms with E-state index in [9.17, 15) is 18.0 Å². The molecule has 0 spiro atoms. The fourth-order valence-corrected chi connectivity index (χ4v) is 2.50. The van der Waals surface area contributed by atoms with Gasteiger partial charge in [-0.1, -0.05) is 6.07 Å². The van der Waals surface area contributed by atoms with E-state index < -0.39 is 17.8 Å². The number of benzene rings is 1. The number of carbonyl (C=O) groups excluding carboxylic acids is 1. The summed E-state index contributed by atoms with van der Waals surface area (Å²) in [6.45, 7) is 2.39. The van der Waals surface area contributed by atoms with Crippen molar-refractivity contribution in [3.8, 4) is 5.75 Å². The highest BCUT2D eigenvalue weighted by Gasteiger charge is 2.32. The molecule has 0 aliphatic carbocycles. The fourth-order valence-electron chi connectivity index (χ4n) is 2.50. The highest BCUT2D eigenvalue weighted by atomic mass is 19.4. The van der Waals surface area contributed by atoms with Crippen molar-refractivity contribution in [1.29, 1.82) is 0 Å². The summed E-state index contributed by atoms with van der Waals surface area (Å²) in [5.74, 6) is -0.0307. The predicted octanol–water partition coefficient (Wildman–Crippen LogP) is 1.47. The summed E-state index contributed by atoms with van der Waals surface area (Å²) in [7, 11) is 1.55. The minimum absolute atomic E-state index is 0.111. The van der Waals surface area contributed by atoms with Gasteiger partial charge in [0.2, 0.25) is 5.91 Å². The van der Waals surface area contributed by atoms with Crippen molar-refractivity contribution < 1.29 is 27.4 Å². The molecule has 9 heteroatoms. The smallest absolute Gasteiger partial charge is 0.416 e. The van der Waals surface area contributed by atoms with E-state index in [4.69, 9.17) is 9.47 Å². The molecule has 6 nitrogen and oxygen atoms in total. The van der Waals surface area contributed by atoms with Crippen LogP contribution in [0.3, 0.4) is 0 Å². The second-order valence-electron chi connectivity index (χ2n) is 5.98. The first kappa shape index (κ1) is 19.5. The van der Waals surface area contributed by atoms with Gasteiger partial charge in [0.05, 0.1) is 18.2 Å². The molecule has 25 heavy (non-hydrogen) atoms. The zero-order valence-corrected chi connectivity index (χ0v) is 14.0. The van der Waals surface area contributed by atoms with Crippen LogP contribution in [0.15, 0.2) is 24.3 Å². The molecule has 1 aromatic carbocycles. The lowest BCUT2D eigenvalue weighted by Gasteiger charge is -2.16. The molecule has 1 fully saturated rings. The Morgan fingerprint density at radius 3 is 2.84 bits per heavy atom. The van der Waals surface area contributed by atoms with Crippen molar-refractivity contribution in [2.45, 2.75) is 37.6 Å². The van der Waals surface area contributed by atoms with Gasteiger partial charge in [-0.25, -0.2) is 5.43 Å². The summed E-state index contributed by atoms with van der Waals surface area (Å²) < 4.78 is 48.4. The minimum Gasteiger partial charge on any atom is -0.492 e. The maximum atomic E-state index is 12.7. The number of rotatable bonds is 7. The Kier molecular flexibility index (Phi) is 6.63. The number of methoxy groups -OCH3 is 1. The van der Waals surface area contributed by atoms with Gasteiger partial charge in [-0.2, -0.15) is 13.2 Å². The van der Waals surface area contributed by atoms with Crippen molar-refractivity contribution in [3.63, 3.8) is 0 Å². The third-order valence-corrected chi connectivity index (χ3v) is 3.72. The number of alkyl halides is 3. The van der Waals surface area contributed by atoms with Gasteiger partial charge < -0.3 is 14.8 Å². The molecular weight excluding hydrogens is 339 g/mol. The third kappa shape index (κ3) is 5.87. The molecule has 0 bridgehead atoms. The molecule has 140 valence electrons. The van der Waals surface area contributed by atoms with Crippen LogP contribution < -0.4 is 20.9 Å². The largest absolute Gasteiger partial charge is 0.492 e. The van der Waals surface area contributed by atoms with Crippen LogP contribution in [-0.4, -0.2) is 44.4 Å². The number of ether oxygens (including phenoxy) is 2. The topological polar surface area (TPSA) is 71.6 Å². The molecule has 1 aliphatic rings. The summed E-state index contributed by atoms with van der Waals surface area (Å²) in [5, 5.41) is 2.81. The third-order valence-electron chi connectivity index (χ3n) is 3.72. The van der Waals surface area contributed by atoms with Gasteiger partial charge in [-0.3, -0.25) is 10.2 Å². The first-order valence-corrected chi connectivity index (χ1v) is 7.90. The molecular formula is C16H22F3N3O3. The van der Waals surface area contributed by atoms with Crippen molar-refractivity contribution in [2.75, 3.05) is 20.3 Å². The molecule has 0 radical (unpaired) electrons. The lowest BCUT2D eigenvalue weighted by molar-refractivity contribution is -0.137. The molecule has 0 aromatic heterocycles. The van der Waals surface area contributed by atoms with Gasteiger partial charge in [-0.05, 0) is 31.5 Å². The van der Waals surface area contributed by atoms with E-state index in [-0.39, 0.29) is 30.3 Å². The van der Waals surface area contributed by atoms with Crippen LogP contribution in [0.1, 0.15) is 18.9 Å². The molecule has 1 heterocycles. The van der Waals surface area contributed by atoms with Gasteiger partial charge in [0.1, 0.15) is 18.4 Å². The number of hydrogen-bond acceptors (Lipinski definition) is 5. The Hall–Kier alpha value is -1.84. The van der Waals surface area contributed by atoms with Crippen LogP contribution in [0.4, 0.5) is 13.2 Å². The maximum Gasteiger partial charge on any atom is 0.416 e. The summed E-state index contributed by atoms with van der Waals surface area (Å²) in [4.78, 5) is 12.1. The summed E-state index contributed by atoms with van der Waals surface area (Å²) in [6.07, 6.45) is -3.95. The maximum absolute atomic E-state index is 12.7. The van der Waals surface area contributed by atoms with E-state index >= 15 is 0 Å². The normalized spacial score (nSPS) is 21.8. The molecule has 1 aliphatic heterocycles. The minimum atomic E-state index is -4.41. The quantitative estimate of drug-likeness (QED) is 0.686. The summed E-state index contributed by atoms with van der Waals surface area (Å²) in [5.41, 5.74) is 5.02. The van der Waals surface area contributed by atoms with Crippen molar-refractivity contribution in [2.24, 2.45) is 0 Å². The zero-order chi connectivity index (χ0) is 18.4. The van der Waals surface area contributed by atoms with Gasteiger partial charge in [-0.15, -0.1) is 0 Å². The number of hydrogen-bond donors (Lipinski definition) is 3. The Morgan fingerprint density at radius 1 is 1.40 bits per heavy atom. The average molecular weight is 361 g/mol. The molecule has 1 amide bonds. The second kappa shape index (κ2) is 8.50. The van der Waals surface area contributed by atoms with Crippen molar-refractivity contribution in [1.82, 2.24) is 16.2 Å². The SMILES string of the molecule is COCC(C)NC(=O)C1CC(COc2cccc(C(F)(F)F)c2)NN1. The standard InChI is InChI=1S/C16H22F3N3O3/c1-10(8-24-2)20-15(23)14-7-12(21-22-14)9-25-13-5-3-4-11(6-13)16(17,18)19/h3-6,10,12,14,21-22H,7-9H2,1-2H3,(H,20,23). The number of halogens is 3. The van der Waals surface area contributed by atoms with Crippen LogP contribution in [0.25, 0.3) is 0 Å². The number of nitrogens with one attached hydrogen (secondary N) is 3. The Bertz CT molecular complexity index is 583. The predicted molar refractivity (Wildman–Crippen MR) is 84.9 cm³/mol. The average Bonchev–Trinajstić information content (AvgIpc) is 3.02. The first-order valence-electron chi connectivity index (χ1n) is 7.90. The van der Waals surface area contributed by atoms with E-state index in [1.54, 1.807) is 7.11 Å². The van der Waals surface area contributed by atoms with Crippen LogP contribution in [-0.2, 0) is 15.7 Å². The van der Waals surface area contributed by atoms with Crippen molar-refractivity contribution >= 4 is 5.91 Å². The molecule has 3 N–H and O–H groups in total. The lowest BCUT2D eigenvalue weighted by atomic mass is 10.1. The molecule has 1 aromatic rings. The molecule has 0 saturated carbocycles. The monoisotopic (exact) mass is 361 g/mol. The Morgan fingerprint density at radius 2 is 2.16 bits per heavy atom. The zero-order valence-electron chi connectivity index (χ0n) is 14.0. The van der Waals surface area contributed by atoms with Crippen LogP contribution in [0, 0.1) is 0 Å². The van der Waals surface area contributed by atoms with Crippen LogP contribution >= 0.6 is 0 Å². The Balaban J connectivity index is 1.81. The molecule has 3 unspecified atom stereocenters. The second-order valence-corrected chi connectivity index (χ2v) is 5.98. The van der Waals surface area contributed by atoms with Crippen LogP contribution in [0.2, 0.25) is 0 Å². The van der Waals surface area contributed by atoms with Gasteiger partial charge in [0, 0.05) is 13.2 Å². The van der Waals surface area contributed by atoms with E-state index in [1.807, 2.05) is 6.92 Å². The van der Waals surface area contributed by atoms with E-state index in [2.05, 4.69) is 16.2 Å². The van der Waals surface area contributed by atoms with E-state index in [0.29, 0.717) is 13.0 Å². The lowest BCUT2D eigenvalue weighted by Crippen LogP contribution is -2.47. The van der Waals surface area contributed by atoms with Crippen LogP contribution in [0.5, 0.6) is 5.75 Å². The van der Waals surface area contributed by atoms with Gasteiger partial charge in [0.15, 0.2) is 0 Å². The highest BCUT2D eigenvalue weighted by Crippen LogP contribution is 2.31. The van der Waals surface area contributed by atoms with E-state index in [0.717, 1.165) is 12.1 Å².